The largest absolute Gasteiger partial charge is 0.493 e. The van der Waals surface area contributed by atoms with Crippen molar-refractivity contribution in [2.45, 2.75) is 6.54 Å². The average molecular weight is 496 g/mol. The topological polar surface area (TPSA) is 72.9 Å². The highest BCUT2D eigenvalue weighted by Crippen LogP contribution is 2.35. The molecule has 1 aliphatic heterocycles. The fourth-order valence-electron chi connectivity index (χ4n) is 3.90. The molecule has 1 heterocycles. The van der Waals surface area contributed by atoms with Crippen LogP contribution in [0.4, 0.5) is 4.79 Å². The van der Waals surface area contributed by atoms with Crippen molar-refractivity contribution in [1.82, 2.24) is 4.90 Å². The predicted molar refractivity (Wildman–Crippen MR) is 140 cm³/mol. The summed E-state index contributed by atoms with van der Waals surface area (Å²) in [7, 11) is 1.48. The van der Waals surface area contributed by atoms with Crippen molar-refractivity contribution in [3.8, 4) is 11.5 Å². The van der Waals surface area contributed by atoms with E-state index in [1.54, 1.807) is 48.5 Å². The SMILES string of the molecule is COc1ccc(/C=C2\SC(=O)N(Cc3ccc4ccccc4c3)C2=O)cc1OC(=O)c1ccccc1. The van der Waals surface area contributed by atoms with Crippen molar-refractivity contribution in [3.63, 3.8) is 0 Å². The van der Waals surface area contributed by atoms with Crippen molar-refractivity contribution in [2.24, 2.45) is 0 Å². The van der Waals surface area contributed by atoms with E-state index in [-0.39, 0.29) is 23.4 Å². The number of methoxy groups -OCH3 is 1. The van der Waals surface area contributed by atoms with Gasteiger partial charge in [0.1, 0.15) is 0 Å². The standard InChI is InChI=1S/C29H21NO5S/c1-34-24-14-12-19(16-25(24)35-28(32)22-8-3-2-4-9-22)17-26-27(31)30(29(33)36-26)18-20-11-13-21-7-5-6-10-23(21)15-20/h2-17H,18H2,1H3/b26-17-. The lowest BCUT2D eigenvalue weighted by molar-refractivity contribution is -0.123. The van der Waals surface area contributed by atoms with Gasteiger partial charge in [0.2, 0.25) is 0 Å². The Morgan fingerprint density at radius 3 is 2.39 bits per heavy atom. The van der Waals surface area contributed by atoms with Gasteiger partial charge in [-0.25, -0.2) is 4.79 Å². The molecule has 36 heavy (non-hydrogen) atoms. The quantitative estimate of drug-likeness (QED) is 0.177. The lowest BCUT2D eigenvalue weighted by Crippen LogP contribution is -2.27. The third kappa shape index (κ3) is 4.87. The minimum absolute atomic E-state index is 0.190. The molecule has 178 valence electrons. The van der Waals surface area contributed by atoms with E-state index in [9.17, 15) is 14.4 Å². The van der Waals surface area contributed by atoms with E-state index in [1.165, 1.54) is 12.0 Å². The van der Waals surface area contributed by atoms with Gasteiger partial charge in [-0.15, -0.1) is 0 Å². The third-order valence-corrected chi connectivity index (χ3v) is 6.63. The zero-order chi connectivity index (χ0) is 25.1. The Balaban J connectivity index is 1.36. The Morgan fingerprint density at radius 2 is 1.61 bits per heavy atom. The van der Waals surface area contributed by atoms with Crippen LogP contribution in [-0.2, 0) is 11.3 Å². The summed E-state index contributed by atoms with van der Waals surface area (Å²) in [5.41, 5.74) is 1.87. The van der Waals surface area contributed by atoms with Crippen molar-refractivity contribution in [1.29, 1.82) is 0 Å². The molecule has 6 nitrogen and oxygen atoms in total. The normalized spacial score (nSPS) is 14.5. The number of carbonyl (C=O) groups excluding carboxylic acids is 3. The summed E-state index contributed by atoms with van der Waals surface area (Å²) in [5.74, 6) is -0.296. The molecule has 1 saturated heterocycles. The molecule has 0 aromatic heterocycles. The van der Waals surface area contributed by atoms with Gasteiger partial charge in [0, 0.05) is 0 Å². The van der Waals surface area contributed by atoms with E-state index in [2.05, 4.69) is 0 Å². The number of hydrogen-bond acceptors (Lipinski definition) is 6. The maximum Gasteiger partial charge on any atom is 0.343 e. The lowest BCUT2D eigenvalue weighted by atomic mass is 10.1. The van der Waals surface area contributed by atoms with Crippen LogP contribution in [0.2, 0.25) is 0 Å². The number of amides is 2. The van der Waals surface area contributed by atoms with Gasteiger partial charge in [-0.3, -0.25) is 14.5 Å². The van der Waals surface area contributed by atoms with Gasteiger partial charge in [0.25, 0.3) is 11.1 Å². The first-order valence-electron chi connectivity index (χ1n) is 11.2. The van der Waals surface area contributed by atoms with Gasteiger partial charge >= 0.3 is 5.97 Å². The summed E-state index contributed by atoms with van der Waals surface area (Å²) < 4.78 is 10.9. The summed E-state index contributed by atoms with van der Waals surface area (Å²) >= 11 is 0.886. The van der Waals surface area contributed by atoms with Crippen LogP contribution in [0.5, 0.6) is 11.5 Å². The molecule has 2 amide bonds. The molecule has 0 spiro atoms. The first-order valence-corrected chi connectivity index (χ1v) is 12.0. The number of fused-ring (bicyclic) bond motifs is 1. The number of imide groups is 1. The van der Waals surface area contributed by atoms with Gasteiger partial charge in [-0.2, -0.15) is 0 Å². The summed E-state index contributed by atoms with van der Waals surface area (Å²) in [6, 6.07) is 27.4. The number of ether oxygens (including phenoxy) is 2. The van der Waals surface area contributed by atoms with E-state index < -0.39 is 5.97 Å². The monoisotopic (exact) mass is 495 g/mol. The fraction of sp³-hybridized carbons (Fsp3) is 0.0690. The van der Waals surface area contributed by atoms with Crippen molar-refractivity contribution in [3.05, 3.63) is 113 Å². The van der Waals surface area contributed by atoms with E-state index >= 15 is 0 Å². The van der Waals surface area contributed by atoms with Gasteiger partial charge in [-0.05, 0) is 70.1 Å². The molecule has 4 aromatic rings. The van der Waals surface area contributed by atoms with Gasteiger partial charge in [0.05, 0.1) is 24.1 Å². The molecule has 5 rings (SSSR count). The molecular weight excluding hydrogens is 474 g/mol. The van der Waals surface area contributed by atoms with Crippen LogP contribution >= 0.6 is 11.8 Å². The predicted octanol–water partition coefficient (Wildman–Crippen LogP) is 6.30. The second-order valence-electron chi connectivity index (χ2n) is 8.12. The molecule has 0 aliphatic carbocycles. The highest BCUT2D eigenvalue weighted by molar-refractivity contribution is 8.18. The highest BCUT2D eigenvalue weighted by atomic mass is 32.2. The smallest absolute Gasteiger partial charge is 0.343 e. The van der Waals surface area contributed by atoms with Crippen LogP contribution in [0.3, 0.4) is 0 Å². The summed E-state index contributed by atoms with van der Waals surface area (Å²) in [6.07, 6.45) is 1.62. The minimum Gasteiger partial charge on any atom is -0.493 e. The lowest BCUT2D eigenvalue weighted by Gasteiger charge is -2.13. The second-order valence-corrected chi connectivity index (χ2v) is 9.11. The minimum atomic E-state index is -0.526. The zero-order valence-electron chi connectivity index (χ0n) is 19.3. The third-order valence-electron chi connectivity index (χ3n) is 5.73. The molecular formula is C29H21NO5S. The maximum atomic E-state index is 13.1. The molecule has 4 aromatic carbocycles. The highest BCUT2D eigenvalue weighted by Gasteiger charge is 2.35. The number of hydrogen-bond donors (Lipinski definition) is 0. The molecule has 7 heteroatoms. The average Bonchev–Trinajstić information content (AvgIpc) is 3.16. The summed E-state index contributed by atoms with van der Waals surface area (Å²) in [6.45, 7) is 0.190. The Bertz CT molecular complexity index is 1510. The molecule has 0 bridgehead atoms. The summed E-state index contributed by atoms with van der Waals surface area (Å²) in [5, 5.41) is 1.82. The molecule has 0 N–H and O–H groups in total. The van der Waals surface area contributed by atoms with Crippen LogP contribution in [0.1, 0.15) is 21.5 Å². The zero-order valence-corrected chi connectivity index (χ0v) is 20.2. The van der Waals surface area contributed by atoms with Crippen LogP contribution in [0, 0.1) is 0 Å². The molecule has 0 atom stereocenters. The number of esters is 1. The van der Waals surface area contributed by atoms with Crippen molar-refractivity contribution < 1.29 is 23.9 Å². The van der Waals surface area contributed by atoms with E-state index in [4.69, 9.17) is 9.47 Å². The van der Waals surface area contributed by atoms with E-state index in [1.807, 2.05) is 48.5 Å². The van der Waals surface area contributed by atoms with Crippen molar-refractivity contribution >= 4 is 45.7 Å². The fourth-order valence-corrected chi connectivity index (χ4v) is 4.74. The first-order chi connectivity index (χ1) is 17.5. The second kappa shape index (κ2) is 10.1. The Labute approximate surface area is 212 Å². The molecule has 1 fully saturated rings. The number of carbonyl (C=O) groups is 3. The van der Waals surface area contributed by atoms with Gasteiger partial charge in [-0.1, -0.05) is 60.7 Å². The van der Waals surface area contributed by atoms with E-state index in [0.29, 0.717) is 21.8 Å². The van der Waals surface area contributed by atoms with Crippen LogP contribution in [0.25, 0.3) is 16.8 Å². The van der Waals surface area contributed by atoms with Crippen LogP contribution in [0.15, 0.2) is 95.9 Å². The Kier molecular flexibility index (Phi) is 6.56. The number of rotatable bonds is 6. The van der Waals surface area contributed by atoms with Crippen molar-refractivity contribution in [2.75, 3.05) is 7.11 Å². The van der Waals surface area contributed by atoms with Crippen LogP contribution in [-0.4, -0.2) is 29.1 Å². The van der Waals surface area contributed by atoms with Gasteiger partial charge in [0.15, 0.2) is 11.5 Å². The van der Waals surface area contributed by atoms with E-state index in [0.717, 1.165) is 28.1 Å². The maximum absolute atomic E-state index is 13.1. The number of nitrogens with zero attached hydrogens (tertiary/aromatic N) is 1. The Morgan fingerprint density at radius 1 is 0.861 bits per heavy atom. The molecule has 0 unspecified atom stereocenters. The first kappa shape index (κ1) is 23.4. The molecule has 1 aliphatic rings. The molecule has 0 radical (unpaired) electrons. The van der Waals surface area contributed by atoms with Gasteiger partial charge < -0.3 is 9.47 Å². The van der Waals surface area contributed by atoms with Crippen LogP contribution < -0.4 is 9.47 Å². The molecule has 0 saturated carbocycles. The number of thioether (sulfide) groups is 1. The number of benzene rings is 4. The Hall–Kier alpha value is -4.36. The summed E-state index contributed by atoms with van der Waals surface area (Å²) in [4.78, 5) is 39.8.